The Morgan fingerprint density at radius 3 is 1.97 bits per heavy atom. The van der Waals surface area contributed by atoms with Crippen molar-refractivity contribution in [2.75, 3.05) is 4.90 Å². The second kappa shape index (κ2) is 10.9. The van der Waals surface area contributed by atoms with Crippen LogP contribution in [0.3, 0.4) is 0 Å². The van der Waals surface area contributed by atoms with Gasteiger partial charge in [-0.25, -0.2) is 0 Å². The summed E-state index contributed by atoms with van der Waals surface area (Å²) in [6.45, 7) is 16.8. The summed E-state index contributed by atoms with van der Waals surface area (Å²) in [5.41, 5.74) is 24.4. The van der Waals surface area contributed by atoms with Gasteiger partial charge < -0.3 is 18.2 Å². The second-order valence-corrected chi connectivity index (χ2v) is 20.3. The lowest BCUT2D eigenvalue weighted by Crippen LogP contribution is -2.57. The van der Waals surface area contributed by atoms with Gasteiger partial charge in [0.1, 0.15) is 16.7 Å². The molecule has 0 saturated heterocycles. The summed E-state index contributed by atoms with van der Waals surface area (Å²) >= 11 is 0. The quantitative estimate of drug-likeness (QED) is 0.155. The first-order chi connectivity index (χ1) is 29.4. The summed E-state index contributed by atoms with van der Waals surface area (Å²) in [6.07, 6.45) is 2.34. The molecule has 14 rings (SSSR count). The van der Waals surface area contributed by atoms with E-state index < -0.39 is 0 Å². The summed E-state index contributed by atoms with van der Waals surface area (Å²) in [5.74, 6) is 0. The summed E-state index contributed by atoms with van der Waals surface area (Å²) in [4.78, 5) is 2.66. The number of hydrogen-bond donors (Lipinski definition) is 0. The molecule has 10 aromatic rings. The highest BCUT2D eigenvalue weighted by molar-refractivity contribution is 6.90. The molecule has 0 unspecified atom stereocenters. The number of fused-ring (bicyclic) bond motifs is 17. The third kappa shape index (κ3) is 4.04. The van der Waals surface area contributed by atoms with Crippen molar-refractivity contribution < 1.29 is 8.83 Å². The van der Waals surface area contributed by atoms with E-state index in [1.165, 1.54) is 90.0 Å². The molecule has 3 aromatic heterocycles. The third-order valence-corrected chi connectivity index (χ3v) is 15.7. The predicted molar refractivity (Wildman–Crippen MR) is 255 cm³/mol. The smallest absolute Gasteiger partial charge is 0.333 e. The molecular formula is C56H45BN2O2. The van der Waals surface area contributed by atoms with Crippen molar-refractivity contribution in [3.63, 3.8) is 0 Å². The number of hydrogen-bond acceptors (Lipinski definition) is 3. The molecule has 2 aliphatic carbocycles. The fourth-order valence-electron chi connectivity index (χ4n) is 12.5. The van der Waals surface area contributed by atoms with Crippen LogP contribution >= 0.6 is 0 Å². The van der Waals surface area contributed by atoms with Gasteiger partial charge in [0.15, 0.2) is 5.58 Å². The monoisotopic (exact) mass is 788 g/mol. The van der Waals surface area contributed by atoms with Crippen LogP contribution in [0.15, 0.2) is 130 Å². The maximum Gasteiger partial charge on any atom is 0.333 e. The summed E-state index contributed by atoms with van der Waals surface area (Å²) < 4.78 is 16.6. The fraction of sp³-hybridized carbons (Fsp3) is 0.214. The van der Waals surface area contributed by atoms with Crippen molar-refractivity contribution in [3.05, 3.63) is 149 Å². The summed E-state index contributed by atoms with van der Waals surface area (Å²) in [6, 6.07) is 45.7. The molecule has 294 valence electrons. The molecule has 4 aliphatic rings. The van der Waals surface area contributed by atoms with Crippen molar-refractivity contribution >= 4 is 89.7 Å². The Kier molecular flexibility index (Phi) is 6.12. The fourth-order valence-corrected chi connectivity index (χ4v) is 12.5. The topological polar surface area (TPSA) is 34.5 Å². The molecule has 0 bridgehead atoms. The van der Waals surface area contributed by atoms with Gasteiger partial charge in [-0.3, -0.25) is 0 Å². The van der Waals surface area contributed by atoms with Gasteiger partial charge >= 0.3 is 6.85 Å². The molecule has 7 aromatic carbocycles. The molecule has 0 atom stereocenters. The van der Waals surface area contributed by atoms with Crippen LogP contribution in [-0.2, 0) is 16.2 Å². The van der Waals surface area contributed by atoms with E-state index in [1.807, 2.05) is 0 Å². The second-order valence-electron chi connectivity index (χ2n) is 20.3. The number of aryl methyl sites for hydroxylation is 1. The van der Waals surface area contributed by atoms with E-state index in [4.69, 9.17) is 8.83 Å². The molecule has 2 aliphatic heterocycles. The van der Waals surface area contributed by atoms with E-state index in [0.717, 1.165) is 55.8 Å². The molecular weight excluding hydrogens is 743 g/mol. The van der Waals surface area contributed by atoms with Gasteiger partial charge in [-0.05, 0) is 123 Å². The lowest BCUT2D eigenvalue weighted by Gasteiger charge is -2.45. The van der Waals surface area contributed by atoms with E-state index in [9.17, 15) is 0 Å². The molecule has 0 fully saturated rings. The highest BCUT2D eigenvalue weighted by atomic mass is 16.3. The van der Waals surface area contributed by atoms with Gasteiger partial charge in [0.25, 0.3) is 0 Å². The number of rotatable bonds is 1. The molecule has 0 radical (unpaired) electrons. The molecule has 5 heterocycles. The lowest BCUT2D eigenvalue weighted by molar-refractivity contribution is 0.332. The van der Waals surface area contributed by atoms with E-state index in [-0.39, 0.29) is 23.1 Å². The molecule has 4 nitrogen and oxygen atoms in total. The van der Waals surface area contributed by atoms with Crippen LogP contribution in [0.1, 0.15) is 82.2 Å². The Bertz CT molecular complexity index is 3660. The van der Waals surface area contributed by atoms with Gasteiger partial charge in [-0.1, -0.05) is 120 Å². The first-order valence-corrected chi connectivity index (χ1v) is 22.1. The molecule has 0 spiro atoms. The lowest BCUT2D eigenvalue weighted by atomic mass is 9.44. The minimum Gasteiger partial charge on any atom is -0.455 e. The summed E-state index contributed by atoms with van der Waals surface area (Å²) in [5, 5.41) is 4.56. The maximum atomic E-state index is 7.07. The molecule has 5 heteroatoms. The van der Waals surface area contributed by atoms with Crippen molar-refractivity contribution in [1.29, 1.82) is 0 Å². The zero-order valence-corrected chi connectivity index (χ0v) is 35.7. The van der Waals surface area contributed by atoms with Crippen LogP contribution < -0.4 is 15.8 Å². The largest absolute Gasteiger partial charge is 0.455 e. The standard InChI is InChI=1S/C56H45BN2O2/c1-30-25-40-41(55(4,5)24-23-54(40,2)3)29-43(30)58-44-26-36-31-15-8-11-20-38(31)56(6,7)39(36)28-42(44)57-49-45(58)27-37-32-16-9-12-21-46(32)60-52(37)48(49)34-18-14-19-35-50(34)59(57)51-33-17-10-13-22-47(33)61-53(35)51/h8-22,25-29H,23-24H2,1-7H3. The Morgan fingerprint density at radius 2 is 1.16 bits per heavy atom. The Hall–Kier alpha value is -6.46. The molecule has 0 N–H and O–H groups in total. The van der Waals surface area contributed by atoms with Gasteiger partial charge in [-0.2, -0.15) is 0 Å². The third-order valence-electron chi connectivity index (χ3n) is 15.7. The average molecular weight is 789 g/mol. The molecule has 61 heavy (non-hydrogen) atoms. The summed E-state index contributed by atoms with van der Waals surface area (Å²) in [7, 11) is 0. The van der Waals surface area contributed by atoms with Crippen LogP contribution in [0.4, 0.5) is 17.1 Å². The van der Waals surface area contributed by atoms with Crippen LogP contribution in [0.25, 0.3) is 77.2 Å². The van der Waals surface area contributed by atoms with Gasteiger partial charge in [0.05, 0.1) is 5.52 Å². The minimum absolute atomic E-state index is 0.0448. The van der Waals surface area contributed by atoms with Crippen molar-refractivity contribution in [2.45, 2.75) is 77.6 Å². The van der Waals surface area contributed by atoms with Crippen LogP contribution in [-0.4, -0.2) is 11.3 Å². The zero-order chi connectivity index (χ0) is 41.1. The average Bonchev–Trinajstić information content (AvgIpc) is 3.97. The minimum atomic E-state index is -0.175. The molecule has 0 amide bonds. The first-order valence-electron chi connectivity index (χ1n) is 22.1. The number of anilines is 3. The molecule has 0 saturated carbocycles. The van der Waals surface area contributed by atoms with E-state index in [1.54, 1.807) is 0 Å². The van der Waals surface area contributed by atoms with E-state index >= 15 is 0 Å². The van der Waals surface area contributed by atoms with Crippen LogP contribution in [0.2, 0.25) is 0 Å². The van der Waals surface area contributed by atoms with Gasteiger partial charge in [-0.15, -0.1) is 0 Å². The SMILES string of the molecule is Cc1cc2c(cc1N1c3cc4c(cc3B3c5c1cc1c(oc6ccccc61)c5-c1cccc5c6oc7ccccc7c6n3c15)C(C)(C)c1ccccc1-4)C(C)(C)CCC2(C)C. The number of benzene rings is 7. The van der Waals surface area contributed by atoms with Crippen molar-refractivity contribution in [2.24, 2.45) is 0 Å². The Labute approximate surface area is 355 Å². The number of nitrogens with zero attached hydrogens (tertiary/aromatic N) is 2. The Balaban J connectivity index is 1.20. The highest BCUT2D eigenvalue weighted by Crippen LogP contribution is 2.56. The normalized spacial score (nSPS) is 17.3. The Morgan fingerprint density at radius 1 is 0.508 bits per heavy atom. The first kappa shape index (κ1) is 34.3. The van der Waals surface area contributed by atoms with Crippen molar-refractivity contribution in [1.82, 2.24) is 4.48 Å². The van der Waals surface area contributed by atoms with Crippen LogP contribution in [0, 0.1) is 6.92 Å². The van der Waals surface area contributed by atoms with Crippen molar-refractivity contribution in [3.8, 4) is 22.3 Å². The maximum absolute atomic E-state index is 7.07. The van der Waals surface area contributed by atoms with E-state index in [2.05, 4.69) is 179 Å². The number of furan rings is 2. The van der Waals surface area contributed by atoms with E-state index in [0.29, 0.717) is 0 Å². The highest BCUT2D eigenvalue weighted by Gasteiger charge is 2.48. The number of aromatic nitrogens is 1. The zero-order valence-electron chi connectivity index (χ0n) is 35.7. The number of para-hydroxylation sites is 3. The van der Waals surface area contributed by atoms with Gasteiger partial charge in [0, 0.05) is 60.7 Å². The van der Waals surface area contributed by atoms with Crippen LogP contribution in [0.5, 0.6) is 0 Å². The predicted octanol–water partition coefficient (Wildman–Crippen LogP) is 13.8. The van der Waals surface area contributed by atoms with Gasteiger partial charge in [0.2, 0.25) is 0 Å².